The summed E-state index contributed by atoms with van der Waals surface area (Å²) in [5.41, 5.74) is 13.7. The normalized spacial score (nSPS) is 11.7. The second kappa shape index (κ2) is 15.4. The number of rotatable bonds is 5. The molecule has 0 bridgehead atoms. The molecule has 0 unspecified atom stereocenters. The Kier molecular flexibility index (Phi) is 8.84. The molecule has 0 saturated carbocycles. The van der Waals surface area contributed by atoms with Crippen molar-refractivity contribution in [2.24, 2.45) is 0 Å². The van der Waals surface area contributed by atoms with Crippen LogP contribution < -0.4 is 0 Å². The Labute approximate surface area is 387 Å². The zero-order valence-electron chi connectivity index (χ0n) is 36.7. The van der Waals surface area contributed by atoms with E-state index < -0.39 is 0 Å². The highest BCUT2D eigenvalue weighted by Gasteiger charge is 2.18. The van der Waals surface area contributed by atoms with Crippen LogP contribution in [0.15, 0.2) is 248 Å². The molecule has 0 fully saturated rings. The molecule has 11 aromatic carbocycles. The molecule has 3 aromatic heterocycles. The first-order chi connectivity index (χ1) is 33.1. The van der Waals surface area contributed by atoms with E-state index in [1.54, 1.807) is 12.2 Å². The van der Waals surface area contributed by atoms with Crippen LogP contribution in [0.5, 0.6) is 0 Å². The lowest BCUT2D eigenvalue weighted by Gasteiger charge is -2.14. The van der Waals surface area contributed by atoms with Crippen LogP contribution in [-0.2, 0) is 0 Å². The van der Waals surface area contributed by atoms with Crippen molar-refractivity contribution in [1.29, 1.82) is 0 Å². The third-order valence-electron chi connectivity index (χ3n) is 13.7. The molecule has 0 aliphatic carbocycles. The highest BCUT2D eigenvalue weighted by Crippen LogP contribution is 2.41. The number of aromatic nitrogens is 2. The minimum Gasteiger partial charge on any atom is -0.456 e. The number of nitrogens with zero attached hydrogens (tertiary/aromatic N) is 2. The van der Waals surface area contributed by atoms with Gasteiger partial charge in [0.1, 0.15) is 11.2 Å². The zero-order valence-corrected chi connectivity index (χ0v) is 36.7. The van der Waals surface area contributed by atoms with Gasteiger partial charge in [-0.05, 0) is 127 Å². The molecule has 0 spiro atoms. The third-order valence-corrected chi connectivity index (χ3v) is 13.7. The molecule has 3 heterocycles. The van der Waals surface area contributed by atoms with Gasteiger partial charge in [-0.3, -0.25) is 0 Å². The van der Waals surface area contributed by atoms with Gasteiger partial charge in [-0.2, -0.15) is 0 Å². The molecule has 0 aliphatic heterocycles. The predicted molar refractivity (Wildman–Crippen MR) is 286 cm³/mol. The lowest BCUT2D eigenvalue weighted by molar-refractivity contribution is 0.669. The Hall–Kier alpha value is -8.92. The number of fused-ring (bicyclic) bond motifs is 15. The van der Waals surface area contributed by atoms with Gasteiger partial charge in [-0.25, -0.2) is 0 Å². The van der Waals surface area contributed by atoms with Gasteiger partial charge in [0.2, 0.25) is 0 Å². The molecule has 0 aliphatic rings. The Morgan fingerprint density at radius 3 is 1.16 bits per heavy atom. The van der Waals surface area contributed by atoms with Gasteiger partial charge in [0.15, 0.2) is 0 Å². The summed E-state index contributed by atoms with van der Waals surface area (Å²) >= 11 is 0. The van der Waals surface area contributed by atoms with Crippen molar-refractivity contribution >= 4 is 97.9 Å². The Bertz CT molecular complexity index is 4270. The molecule has 0 atom stereocenters. The predicted octanol–water partition coefficient (Wildman–Crippen LogP) is 17.9. The smallest absolute Gasteiger partial charge is 0.135 e. The molecular formula is C64H42N2O. The summed E-state index contributed by atoms with van der Waals surface area (Å²) in [4.78, 5) is 0. The van der Waals surface area contributed by atoms with Crippen LogP contribution in [0.3, 0.4) is 0 Å². The van der Waals surface area contributed by atoms with E-state index in [1.807, 2.05) is 12.1 Å². The van der Waals surface area contributed by atoms with Gasteiger partial charge in [-0.1, -0.05) is 171 Å². The van der Waals surface area contributed by atoms with Crippen LogP contribution in [0.25, 0.3) is 131 Å². The van der Waals surface area contributed by atoms with Gasteiger partial charge >= 0.3 is 0 Å². The van der Waals surface area contributed by atoms with E-state index in [2.05, 4.69) is 229 Å². The minimum absolute atomic E-state index is 0.905. The number of hydrogen-bond donors (Lipinski definition) is 0. The summed E-state index contributed by atoms with van der Waals surface area (Å²) in [6.07, 6.45) is 3.28. The average Bonchev–Trinajstić information content (AvgIpc) is 4.06. The molecule has 3 heteroatoms. The summed E-state index contributed by atoms with van der Waals surface area (Å²) in [5, 5.41) is 14.9. The van der Waals surface area contributed by atoms with Crippen LogP contribution in [0.4, 0.5) is 0 Å². The fraction of sp³-hybridized carbons (Fsp3) is 0. The van der Waals surface area contributed by atoms with E-state index in [1.165, 1.54) is 104 Å². The van der Waals surface area contributed by atoms with E-state index >= 15 is 0 Å². The van der Waals surface area contributed by atoms with Crippen LogP contribution >= 0.6 is 0 Å². The van der Waals surface area contributed by atoms with E-state index in [-0.39, 0.29) is 0 Å². The maximum atomic E-state index is 6.18. The molecule has 0 saturated heterocycles. The average molecular weight is 855 g/mol. The largest absolute Gasteiger partial charge is 0.456 e. The Balaban J connectivity index is 0.00000107. The summed E-state index contributed by atoms with van der Waals surface area (Å²) < 4.78 is 11.0. The van der Waals surface area contributed by atoms with Crippen molar-refractivity contribution in [3.63, 3.8) is 0 Å². The molecular weight excluding hydrogens is 813 g/mol. The first-order valence-corrected chi connectivity index (χ1v) is 22.8. The standard InChI is InChI=1S/C60H36N2O.C4H6/c1-2-13-45-43(11-1)44-12-3-4-14-46(44)51-35-41(27-29-47(45)51)61-55-18-8-5-15-48(55)52-33-39(25-30-57(52)61)37-21-23-38(24-22-37)40-26-31-58-53(34-40)49-16-6-9-19-56(49)62(58)42-28-32-60-54(36-42)50-17-7-10-20-59(50)63-60;1-3-4-2/h1-36H;3-4H,1-2H2. The van der Waals surface area contributed by atoms with Gasteiger partial charge < -0.3 is 13.6 Å². The zero-order chi connectivity index (χ0) is 44.6. The molecule has 67 heavy (non-hydrogen) atoms. The fourth-order valence-corrected chi connectivity index (χ4v) is 10.6. The Morgan fingerprint density at radius 1 is 0.269 bits per heavy atom. The van der Waals surface area contributed by atoms with Crippen molar-refractivity contribution in [1.82, 2.24) is 9.13 Å². The van der Waals surface area contributed by atoms with Crippen LogP contribution in [0, 0.1) is 0 Å². The molecule has 0 amide bonds. The Morgan fingerprint density at radius 2 is 0.642 bits per heavy atom. The highest BCUT2D eigenvalue weighted by atomic mass is 16.3. The number of para-hydroxylation sites is 3. The number of allylic oxidation sites excluding steroid dienone is 2. The van der Waals surface area contributed by atoms with Crippen molar-refractivity contribution in [3.05, 3.63) is 244 Å². The van der Waals surface area contributed by atoms with Crippen molar-refractivity contribution in [3.8, 4) is 33.6 Å². The maximum Gasteiger partial charge on any atom is 0.135 e. The molecule has 0 radical (unpaired) electrons. The van der Waals surface area contributed by atoms with E-state index in [4.69, 9.17) is 4.42 Å². The van der Waals surface area contributed by atoms with Gasteiger partial charge in [0.05, 0.1) is 22.1 Å². The van der Waals surface area contributed by atoms with Crippen LogP contribution in [-0.4, -0.2) is 9.13 Å². The van der Waals surface area contributed by atoms with Crippen LogP contribution in [0.1, 0.15) is 0 Å². The molecule has 3 nitrogen and oxygen atoms in total. The molecule has 0 N–H and O–H groups in total. The second-order valence-corrected chi connectivity index (χ2v) is 17.3. The highest BCUT2D eigenvalue weighted by molar-refractivity contribution is 6.26. The SMILES string of the molecule is C=CC=C.c1ccc2c(c1)oc1ccc(-n3c4ccccc4c4cc(-c5ccc(-c6ccc7c(c6)c6ccccc6n7-c6ccc7c8ccccc8c8ccccc8c7c6)cc5)ccc43)cc12. The second-order valence-electron chi connectivity index (χ2n) is 17.3. The monoisotopic (exact) mass is 854 g/mol. The van der Waals surface area contributed by atoms with E-state index in [0.29, 0.717) is 0 Å². The summed E-state index contributed by atoms with van der Waals surface area (Å²) in [6.45, 7) is 6.72. The quantitative estimate of drug-likeness (QED) is 0.125. The van der Waals surface area contributed by atoms with E-state index in [9.17, 15) is 0 Å². The van der Waals surface area contributed by atoms with Crippen molar-refractivity contribution in [2.75, 3.05) is 0 Å². The number of benzene rings is 11. The lowest BCUT2D eigenvalue weighted by Crippen LogP contribution is -1.94. The summed E-state index contributed by atoms with van der Waals surface area (Å²) in [6, 6.07) is 79.9. The molecule has 14 rings (SSSR count). The molecule has 314 valence electrons. The summed E-state index contributed by atoms with van der Waals surface area (Å²) in [7, 11) is 0. The number of furan rings is 1. The first kappa shape index (κ1) is 38.5. The van der Waals surface area contributed by atoms with Crippen molar-refractivity contribution < 1.29 is 4.42 Å². The summed E-state index contributed by atoms with van der Waals surface area (Å²) in [5.74, 6) is 0. The minimum atomic E-state index is 0.905. The van der Waals surface area contributed by atoms with Crippen molar-refractivity contribution in [2.45, 2.75) is 0 Å². The third kappa shape index (κ3) is 6.06. The van der Waals surface area contributed by atoms with Gasteiger partial charge in [0.25, 0.3) is 0 Å². The maximum absolute atomic E-state index is 6.18. The molecule has 14 aromatic rings. The van der Waals surface area contributed by atoms with Crippen LogP contribution in [0.2, 0.25) is 0 Å². The fourth-order valence-electron chi connectivity index (χ4n) is 10.6. The van der Waals surface area contributed by atoms with Gasteiger partial charge in [0, 0.05) is 43.7 Å². The number of hydrogen-bond acceptors (Lipinski definition) is 1. The topological polar surface area (TPSA) is 23.0 Å². The van der Waals surface area contributed by atoms with E-state index in [0.717, 1.165) is 27.6 Å². The van der Waals surface area contributed by atoms with Gasteiger partial charge in [-0.15, -0.1) is 0 Å². The first-order valence-electron chi connectivity index (χ1n) is 22.8. The lowest BCUT2D eigenvalue weighted by atomic mass is 9.94.